The first-order valence-corrected chi connectivity index (χ1v) is 5.62. The largest absolute Gasteiger partial charge is 0.355 e. The zero-order valence-electron chi connectivity index (χ0n) is 10.2. The smallest absolute Gasteiger partial charge is 0.223 e. The van der Waals surface area contributed by atoms with E-state index in [1.165, 1.54) is 19.3 Å². The Morgan fingerprint density at radius 3 is 2.25 bits per heavy atom. The first-order chi connectivity index (χ1) is 6.70. The zero-order chi connectivity index (χ0) is 10.4. The van der Waals surface area contributed by atoms with Gasteiger partial charge < -0.3 is 10.2 Å². The monoisotopic (exact) mass is 270 g/mol. The second kappa shape index (κ2) is 10.2. The Kier molecular flexibility index (Phi) is 11.7. The summed E-state index contributed by atoms with van der Waals surface area (Å²) in [5, 5.41) is 3.00. The maximum atomic E-state index is 11.6. The van der Waals surface area contributed by atoms with Crippen molar-refractivity contribution in [3.05, 3.63) is 0 Å². The van der Waals surface area contributed by atoms with Crippen LogP contribution in [-0.2, 0) is 4.79 Å². The summed E-state index contributed by atoms with van der Waals surface area (Å²) in [7, 11) is 4.04. The van der Waals surface area contributed by atoms with E-state index < -0.39 is 0 Å². The highest BCUT2D eigenvalue weighted by Crippen LogP contribution is 2.23. The minimum Gasteiger partial charge on any atom is -0.355 e. The number of likely N-dealkylation sites (N-methyl/N-ethyl adjacent to an activating group) is 1. The van der Waals surface area contributed by atoms with E-state index in [1.807, 2.05) is 14.1 Å². The van der Waals surface area contributed by atoms with Gasteiger partial charge in [-0.1, -0.05) is 19.3 Å². The Morgan fingerprint density at radius 2 is 1.75 bits per heavy atom. The third-order valence-electron chi connectivity index (χ3n) is 2.83. The van der Waals surface area contributed by atoms with Crippen molar-refractivity contribution in [2.24, 2.45) is 5.92 Å². The van der Waals surface area contributed by atoms with Crippen LogP contribution in [0.3, 0.4) is 0 Å². The van der Waals surface area contributed by atoms with Crippen LogP contribution in [0.2, 0.25) is 0 Å². The molecular weight excluding hydrogens is 247 g/mol. The van der Waals surface area contributed by atoms with Gasteiger partial charge in [0, 0.05) is 19.0 Å². The highest BCUT2D eigenvalue weighted by atomic mass is 35.5. The van der Waals surface area contributed by atoms with Gasteiger partial charge in [0.25, 0.3) is 0 Å². The summed E-state index contributed by atoms with van der Waals surface area (Å²) in [6, 6.07) is 0. The van der Waals surface area contributed by atoms with Crippen molar-refractivity contribution in [3.63, 3.8) is 0 Å². The van der Waals surface area contributed by atoms with Gasteiger partial charge in [-0.2, -0.15) is 0 Å². The molecule has 0 aromatic rings. The lowest BCUT2D eigenvalue weighted by atomic mass is 9.89. The number of carbonyl (C=O) groups is 1. The van der Waals surface area contributed by atoms with Crippen LogP contribution in [0.25, 0.3) is 0 Å². The Morgan fingerprint density at radius 1 is 1.19 bits per heavy atom. The van der Waals surface area contributed by atoms with Crippen LogP contribution in [0.1, 0.15) is 32.1 Å². The lowest BCUT2D eigenvalue weighted by molar-refractivity contribution is -0.125. The summed E-state index contributed by atoms with van der Waals surface area (Å²) in [5.74, 6) is 0.567. The van der Waals surface area contributed by atoms with E-state index in [2.05, 4.69) is 10.2 Å². The number of hydrogen-bond acceptors (Lipinski definition) is 2. The highest BCUT2D eigenvalue weighted by Gasteiger charge is 2.20. The van der Waals surface area contributed by atoms with E-state index in [1.54, 1.807) is 0 Å². The molecule has 1 fully saturated rings. The lowest BCUT2D eigenvalue weighted by Gasteiger charge is -2.21. The van der Waals surface area contributed by atoms with Gasteiger partial charge in [-0.15, -0.1) is 24.8 Å². The topological polar surface area (TPSA) is 32.3 Å². The average Bonchev–Trinajstić information content (AvgIpc) is 2.18. The Balaban J connectivity index is 0. The van der Waals surface area contributed by atoms with Crippen LogP contribution >= 0.6 is 24.8 Å². The molecule has 16 heavy (non-hydrogen) atoms. The summed E-state index contributed by atoms with van der Waals surface area (Å²) in [6.45, 7) is 1.71. The number of nitrogens with zero attached hydrogens (tertiary/aromatic N) is 1. The fraction of sp³-hybridized carbons (Fsp3) is 0.909. The maximum absolute atomic E-state index is 11.6. The Hall–Kier alpha value is 0.01000. The molecule has 3 nitrogen and oxygen atoms in total. The second-order valence-electron chi connectivity index (χ2n) is 4.43. The van der Waals surface area contributed by atoms with Crippen LogP contribution in [0.5, 0.6) is 0 Å². The molecule has 1 N–H and O–H groups in total. The molecule has 1 aliphatic carbocycles. The Labute approximate surface area is 111 Å². The zero-order valence-corrected chi connectivity index (χ0v) is 11.8. The van der Waals surface area contributed by atoms with Gasteiger partial charge in [-0.3, -0.25) is 4.79 Å². The van der Waals surface area contributed by atoms with Gasteiger partial charge in [0.1, 0.15) is 0 Å². The molecule has 1 rings (SSSR count). The fourth-order valence-corrected chi connectivity index (χ4v) is 1.91. The van der Waals surface area contributed by atoms with Gasteiger partial charge in [-0.05, 0) is 26.9 Å². The van der Waals surface area contributed by atoms with Gasteiger partial charge in [0.15, 0.2) is 0 Å². The number of halogens is 2. The second-order valence-corrected chi connectivity index (χ2v) is 4.43. The first kappa shape index (κ1) is 18.4. The molecule has 0 aliphatic heterocycles. The molecule has 0 saturated heterocycles. The van der Waals surface area contributed by atoms with E-state index in [-0.39, 0.29) is 30.7 Å². The average molecular weight is 271 g/mol. The summed E-state index contributed by atoms with van der Waals surface area (Å²) in [4.78, 5) is 13.7. The quantitative estimate of drug-likeness (QED) is 0.849. The van der Waals surface area contributed by atoms with Crippen LogP contribution in [-0.4, -0.2) is 38.0 Å². The summed E-state index contributed by atoms with van der Waals surface area (Å²) < 4.78 is 0. The van der Waals surface area contributed by atoms with E-state index in [4.69, 9.17) is 0 Å². The first-order valence-electron chi connectivity index (χ1n) is 5.62. The molecule has 0 radical (unpaired) electrons. The Bertz CT molecular complexity index is 183. The van der Waals surface area contributed by atoms with Crippen LogP contribution in [0.15, 0.2) is 0 Å². The molecule has 0 aromatic carbocycles. The number of carbonyl (C=O) groups excluding carboxylic acids is 1. The van der Waals surface area contributed by atoms with E-state index in [0.717, 1.165) is 25.9 Å². The number of nitrogens with one attached hydrogen (secondary N) is 1. The van der Waals surface area contributed by atoms with Crippen molar-refractivity contribution in [1.29, 1.82) is 0 Å². The normalized spacial score (nSPS) is 16.2. The predicted molar refractivity (Wildman–Crippen MR) is 72.6 cm³/mol. The molecule has 1 amide bonds. The molecule has 0 heterocycles. The van der Waals surface area contributed by atoms with Crippen LogP contribution in [0.4, 0.5) is 0 Å². The minimum absolute atomic E-state index is 0. The highest BCUT2D eigenvalue weighted by molar-refractivity contribution is 5.85. The third-order valence-corrected chi connectivity index (χ3v) is 2.83. The van der Waals surface area contributed by atoms with Crippen molar-refractivity contribution < 1.29 is 4.79 Å². The van der Waals surface area contributed by atoms with Gasteiger partial charge in [-0.25, -0.2) is 0 Å². The van der Waals surface area contributed by atoms with Crippen molar-refractivity contribution >= 4 is 30.7 Å². The van der Waals surface area contributed by atoms with Gasteiger partial charge >= 0.3 is 0 Å². The van der Waals surface area contributed by atoms with E-state index >= 15 is 0 Å². The number of amides is 1. The van der Waals surface area contributed by atoms with Crippen LogP contribution in [0, 0.1) is 5.92 Å². The summed E-state index contributed by atoms with van der Waals surface area (Å²) >= 11 is 0. The maximum Gasteiger partial charge on any atom is 0.223 e. The molecule has 1 saturated carbocycles. The molecule has 0 aromatic heterocycles. The summed E-state index contributed by atoms with van der Waals surface area (Å²) in [6.07, 6.45) is 5.95. The molecule has 0 unspecified atom stereocenters. The predicted octanol–water partition coefficient (Wildman–Crippen LogP) is 2.09. The van der Waals surface area contributed by atoms with Gasteiger partial charge in [0.2, 0.25) is 5.91 Å². The number of hydrogen-bond donors (Lipinski definition) is 1. The molecule has 0 atom stereocenters. The third kappa shape index (κ3) is 7.31. The molecule has 5 heteroatoms. The van der Waals surface area contributed by atoms with Crippen LogP contribution < -0.4 is 5.32 Å². The molecule has 0 spiro atoms. The van der Waals surface area contributed by atoms with Gasteiger partial charge in [0.05, 0.1) is 0 Å². The molecule has 1 aliphatic rings. The lowest BCUT2D eigenvalue weighted by Crippen LogP contribution is -2.36. The molecular formula is C11H24Cl2N2O. The van der Waals surface area contributed by atoms with Crippen molar-refractivity contribution in [2.45, 2.75) is 32.1 Å². The molecule has 98 valence electrons. The SMILES string of the molecule is CN(C)CCNC(=O)C1CCCCC1.Cl.Cl. The van der Waals surface area contributed by atoms with Crippen molar-refractivity contribution in [3.8, 4) is 0 Å². The molecule has 0 bridgehead atoms. The standard InChI is InChI=1S/C11H22N2O.2ClH/c1-13(2)9-8-12-11(14)10-6-4-3-5-7-10;;/h10H,3-9H2,1-2H3,(H,12,14);2*1H. The van der Waals surface area contributed by atoms with E-state index in [0.29, 0.717) is 5.92 Å². The fourth-order valence-electron chi connectivity index (χ4n) is 1.91. The van der Waals surface area contributed by atoms with Crippen molar-refractivity contribution in [2.75, 3.05) is 27.2 Å². The minimum atomic E-state index is 0. The van der Waals surface area contributed by atoms with Crippen molar-refractivity contribution in [1.82, 2.24) is 10.2 Å². The summed E-state index contributed by atoms with van der Waals surface area (Å²) in [5.41, 5.74) is 0. The number of rotatable bonds is 4. The van der Waals surface area contributed by atoms with E-state index in [9.17, 15) is 4.79 Å².